The molecule has 182 valence electrons. The Bertz CT molecular complexity index is 1690. The van der Waals surface area contributed by atoms with E-state index in [0.29, 0.717) is 16.1 Å². The lowest BCUT2D eigenvalue weighted by molar-refractivity contribution is -0.143. The fourth-order valence-corrected chi connectivity index (χ4v) is 4.06. The molecule has 0 saturated carbocycles. The molecule has 0 fully saturated rings. The summed E-state index contributed by atoms with van der Waals surface area (Å²) in [6.07, 6.45) is 0.171. The minimum Gasteiger partial charge on any atom is -0.329 e. The highest BCUT2D eigenvalue weighted by atomic mass is 35.5. The van der Waals surface area contributed by atoms with Crippen LogP contribution in [0.4, 0.5) is 18.9 Å². The molecule has 36 heavy (non-hydrogen) atoms. The molecular formula is C23H15ClF3N7O2. The van der Waals surface area contributed by atoms with Gasteiger partial charge in [-0.2, -0.15) is 23.4 Å². The number of fused-ring (bicyclic) bond motifs is 1. The van der Waals surface area contributed by atoms with E-state index in [2.05, 4.69) is 25.5 Å². The molecule has 0 aliphatic rings. The first-order chi connectivity index (χ1) is 17.1. The van der Waals surface area contributed by atoms with E-state index < -0.39 is 28.9 Å². The molecule has 0 unspecified atom stereocenters. The summed E-state index contributed by atoms with van der Waals surface area (Å²) in [6, 6.07) is 8.82. The van der Waals surface area contributed by atoms with Gasteiger partial charge in [0.25, 0.3) is 11.5 Å². The molecule has 4 aromatic heterocycles. The smallest absolute Gasteiger partial charge is 0.329 e. The van der Waals surface area contributed by atoms with Gasteiger partial charge in [0.2, 0.25) is 0 Å². The number of amides is 1. The highest BCUT2D eigenvalue weighted by Gasteiger charge is 2.41. The number of aryl methyl sites for hydroxylation is 1. The summed E-state index contributed by atoms with van der Waals surface area (Å²) in [5.41, 5.74) is -1.55. The van der Waals surface area contributed by atoms with Crippen LogP contribution < -0.4 is 10.9 Å². The van der Waals surface area contributed by atoms with Gasteiger partial charge in [-0.05, 0) is 30.3 Å². The van der Waals surface area contributed by atoms with Crippen molar-refractivity contribution in [2.24, 2.45) is 7.05 Å². The summed E-state index contributed by atoms with van der Waals surface area (Å²) >= 11 is 6.27. The minimum absolute atomic E-state index is 0.00519. The van der Waals surface area contributed by atoms with Crippen molar-refractivity contribution in [2.45, 2.75) is 6.18 Å². The number of aromatic amines is 1. The average molecular weight is 514 g/mol. The summed E-state index contributed by atoms with van der Waals surface area (Å²) in [4.78, 5) is 31.7. The van der Waals surface area contributed by atoms with E-state index >= 15 is 0 Å². The second-order valence-corrected chi connectivity index (χ2v) is 8.15. The molecule has 2 N–H and O–H groups in total. The largest absolute Gasteiger partial charge is 0.434 e. The summed E-state index contributed by atoms with van der Waals surface area (Å²) < 4.78 is 44.7. The van der Waals surface area contributed by atoms with Crippen LogP contribution in [0, 0.1) is 0 Å². The average Bonchev–Trinajstić information content (AvgIpc) is 3.46. The van der Waals surface area contributed by atoms with Crippen molar-refractivity contribution < 1.29 is 18.0 Å². The Hall–Kier alpha value is -4.45. The van der Waals surface area contributed by atoms with E-state index in [1.807, 2.05) is 0 Å². The summed E-state index contributed by atoms with van der Waals surface area (Å²) in [5.74, 6) is -1.06. The SMILES string of the molecule is Cn1ccc(-c2ncc(NC(=O)c3cnn(-c4cccc5c(=O)[nH]ccc45)c3C(F)(F)F)cc2Cl)n1. The number of aromatic nitrogens is 6. The zero-order valence-electron chi connectivity index (χ0n) is 18.3. The van der Waals surface area contributed by atoms with Crippen LogP contribution in [0.25, 0.3) is 27.8 Å². The van der Waals surface area contributed by atoms with Gasteiger partial charge in [-0.3, -0.25) is 19.3 Å². The Kier molecular flexibility index (Phi) is 5.59. The maximum Gasteiger partial charge on any atom is 0.434 e. The Morgan fingerprint density at radius 2 is 1.94 bits per heavy atom. The maximum atomic E-state index is 14.2. The van der Waals surface area contributed by atoms with Gasteiger partial charge in [0.15, 0.2) is 5.69 Å². The van der Waals surface area contributed by atoms with E-state index in [9.17, 15) is 22.8 Å². The van der Waals surface area contributed by atoms with Crippen molar-refractivity contribution in [1.29, 1.82) is 0 Å². The third-order valence-electron chi connectivity index (χ3n) is 5.36. The summed E-state index contributed by atoms with van der Waals surface area (Å²) in [6.45, 7) is 0. The lowest BCUT2D eigenvalue weighted by Gasteiger charge is -2.14. The second-order valence-electron chi connectivity index (χ2n) is 7.74. The number of rotatable bonds is 4. The van der Waals surface area contributed by atoms with Gasteiger partial charge in [0.05, 0.1) is 34.4 Å². The monoisotopic (exact) mass is 513 g/mol. The van der Waals surface area contributed by atoms with E-state index in [0.717, 1.165) is 6.20 Å². The highest BCUT2D eigenvalue weighted by molar-refractivity contribution is 6.33. The standard InChI is InChI=1S/C23H15ClF3N7O2/c1-33-8-6-17(32-33)19-16(24)9-12(10-29-19)31-22(36)15-11-30-34(20(15)23(25,26)27)18-4-2-3-14-13(18)5-7-28-21(14)35/h2-11H,1H3,(H,28,35)(H,31,36). The Labute approximate surface area is 205 Å². The molecule has 13 heteroatoms. The van der Waals surface area contributed by atoms with Crippen molar-refractivity contribution in [2.75, 3.05) is 5.32 Å². The Balaban J connectivity index is 1.53. The highest BCUT2D eigenvalue weighted by Crippen LogP contribution is 2.35. The third kappa shape index (κ3) is 4.11. The van der Waals surface area contributed by atoms with Crippen molar-refractivity contribution in [3.63, 3.8) is 0 Å². The topological polar surface area (TPSA) is 110 Å². The number of alkyl halides is 3. The second kappa shape index (κ2) is 8.64. The minimum atomic E-state index is -4.94. The van der Waals surface area contributed by atoms with E-state index in [-0.39, 0.29) is 27.2 Å². The van der Waals surface area contributed by atoms with Crippen LogP contribution in [0.1, 0.15) is 16.1 Å². The number of anilines is 1. The Morgan fingerprint density at radius 3 is 2.64 bits per heavy atom. The zero-order chi connectivity index (χ0) is 25.6. The fourth-order valence-electron chi connectivity index (χ4n) is 3.79. The number of halogens is 4. The summed E-state index contributed by atoms with van der Waals surface area (Å²) in [5, 5.41) is 11.0. The lowest BCUT2D eigenvalue weighted by atomic mass is 10.1. The van der Waals surface area contributed by atoms with Crippen LogP contribution in [0.2, 0.25) is 5.02 Å². The van der Waals surface area contributed by atoms with E-state index in [4.69, 9.17) is 11.6 Å². The van der Waals surface area contributed by atoms with Crippen molar-refractivity contribution in [1.82, 2.24) is 29.5 Å². The van der Waals surface area contributed by atoms with Crippen LogP contribution in [0.5, 0.6) is 0 Å². The molecule has 9 nitrogen and oxygen atoms in total. The van der Waals surface area contributed by atoms with Gasteiger partial charge in [-0.15, -0.1) is 0 Å². The van der Waals surface area contributed by atoms with Crippen LogP contribution in [-0.4, -0.2) is 35.4 Å². The number of nitrogens with zero attached hydrogens (tertiary/aromatic N) is 5. The van der Waals surface area contributed by atoms with E-state index in [1.54, 1.807) is 24.0 Å². The molecule has 1 amide bonds. The molecule has 0 bridgehead atoms. The van der Waals surface area contributed by atoms with Gasteiger partial charge in [0.1, 0.15) is 11.4 Å². The van der Waals surface area contributed by atoms with Crippen LogP contribution >= 0.6 is 11.6 Å². The molecule has 0 spiro atoms. The molecule has 0 radical (unpaired) electrons. The first-order valence-corrected chi connectivity index (χ1v) is 10.7. The number of carbonyl (C=O) groups excluding carboxylic acids is 1. The molecule has 0 saturated heterocycles. The number of hydrogen-bond acceptors (Lipinski definition) is 5. The molecule has 0 atom stereocenters. The Morgan fingerprint density at radius 1 is 1.14 bits per heavy atom. The lowest BCUT2D eigenvalue weighted by Crippen LogP contribution is -2.21. The quantitative estimate of drug-likeness (QED) is 0.369. The molecule has 5 aromatic rings. The van der Waals surface area contributed by atoms with Crippen LogP contribution in [0.3, 0.4) is 0 Å². The van der Waals surface area contributed by atoms with Gasteiger partial charge in [0, 0.05) is 30.2 Å². The predicted octanol–water partition coefficient (Wildman–Crippen LogP) is 4.43. The number of pyridine rings is 2. The van der Waals surface area contributed by atoms with Crippen LogP contribution in [0.15, 0.2) is 66.0 Å². The normalized spacial score (nSPS) is 11.7. The third-order valence-corrected chi connectivity index (χ3v) is 5.65. The number of benzene rings is 1. The first-order valence-electron chi connectivity index (χ1n) is 10.4. The first kappa shape index (κ1) is 23.3. The number of hydrogen-bond donors (Lipinski definition) is 2. The fraction of sp³-hybridized carbons (Fsp3) is 0.0870. The van der Waals surface area contributed by atoms with Gasteiger partial charge < -0.3 is 10.3 Å². The van der Waals surface area contributed by atoms with Crippen LogP contribution in [-0.2, 0) is 13.2 Å². The molecule has 1 aromatic carbocycles. The number of H-pyrrole nitrogens is 1. The van der Waals surface area contributed by atoms with E-state index in [1.165, 1.54) is 42.7 Å². The molecule has 0 aliphatic heterocycles. The zero-order valence-corrected chi connectivity index (χ0v) is 19.1. The van der Waals surface area contributed by atoms with Gasteiger partial charge >= 0.3 is 6.18 Å². The molecule has 4 heterocycles. The molecule has 0 aliphatic carbocycles. The van der Waals surface area contributed by atoms with Gasteiger partial charge in [-0.25, -0.2) is 4.68 Å². The van der Waals surface area contributed by atoms with Crippen molar-refractivity contribution in [3.8, 4) is 17.1 Å². The number of carbonyl (C=O) groups is 1. The number of nitrogens with one attached hydrogen (secondary N) is 2. The maximum absolute atomic E-state index is 14.2. The van der Waals surface area contributed by atoms with Gasteiger partial charge in [-0.1, -0.05) is 17.7 Å². The summed E-state index contributed by atoms with van der Waals surface area (Å²) in [7, 11) is 1.72. The van der Waals surface area contributed by atoms with Crippen molar-refractivity contribution >= 4 is 34.0 Å². The molecule has 5 rings (SSSR count). The predicted molar refractivity (Wildman–Crippen MR) is 126 cm³/mol. The van der Waals surface area contributed by atoms with Crippen molar-refractivity contribution in [3.05, 3.63) is 87.8 Å². The molecular weight excluding hydrogens is 499 g/mol.